The minimum Gasteiger partial charge on any atom is -0.396 e. The van der Waals surface area contributed by atoms with E-state index in [-0.39, 0.29) is 17.8 Å². The molecule has 3 heteroatoms. The first kappa shape index (κ1) is 12.0. The summed E-state index contributed by atoms with van der Waals surface area (Å²) in [6.07, 6.45) is 0.853. The third kappa shape index (κ3) is 3.56. The molecule has 0 aromatic rings. The molecular formula is C11H23NO2. The quantitative estimate of drug-likeness (QED) is 0.746. The number of aliphatic hydroxyl groups excluding tert-OH is 1. The molecule has 0 atom stereocenters. The molecule has 84 valence electrons. The maximum atomic E-state index is 8.80. The molecule has 14 heavy (non-hydrogen) atoms. The van der Waals surface area contributed by atoms with Crippen molar-refractivity contribution in [3.05, 3.63) is 0 Å². The lowest BCUT2D eigenvalue weighted by Gasteiger charge is -2.47. The normalized spacial score (nSPS) is 26.4. The van der Waals surface area contributed by atoms with E-state index in [9.17, 15) is 0 Å². The molecule has 0 radical (unpaired) electrons. The average Bonchev–Trinajstić information content (AvgIpc) is 1.94. The molecule has 3 nitrogen and oxygen atoms in total. The molecule has 0 aromatic carbocycles. The summed E-state index contributed by atoms with van der Waals surface area (Å²) in [5.41, 5.74) is -0.144. The maximum absolute atomic E-state index is 8.80. The topological polar surface area (TPSA) is 32.7 Å². The van der Waals surface area contributed by atoms with Crippen LogP contribution in [0.15, 0.2) is 0 Å². The van der Waals surface area contributed by atoms with Gasteiger partial charge in [-0.1, -0.05) is 0 Å². The fourth-order valence-electron chi connectivity index (χ4n) is 2.40. The Labute approximate surface area is 87.1 Å². The van der Waals surface area contributed by atoms with Gasteiger partial charge in [0, 0.05) is 26.2 Å². The SMILES string of the molecule is CC1(C)CN(CCCO)CC(C)(C)O1. The van der Waals surface area contributed by atoms with Crippen LogP contribution in [0.2, 0.25) is 0 Å². The van der Waals surface area contributed by atoms with Crippen LogP contribution in [-0.2, 0) is 4.74 Å². The van der Waals surface area contributed by atoms with Crippen molar-refractivity contribution in [3.8, 4) is 0 Å². The summed E-state index contributed by atoms with van der Waals surface area (Å²) < 4.78 is 5.97. The van der Waals surface area contributed by atoms with E-state index in [0.29, 0.717) is 0 Å². The van der Waals surface area contributed by atoms with E-state index in [1.807, 2.05) is 0 Å². The summed E-state index contributed by atoms with van der Waals surface area (Å²) in [5.74, 6) is 0. The van der Waals surface area contributed by atoms with Crippen LogP contribution in [0.25, 0.3) is 0 Å². The Bertz CT molecular complexity index is 174. The zero-order valence-corrected chi connectivity index (χ0v) is 9.84. The molecule has 1 rings (SSSR count). The molecule has 0 bridgehead atoms. The predicted octanol–water partition coefficient (Wildman–Crippen LogP) is 1.26. The molecule has 0 saturated carbocycles. The minimum atomic E-state index is -0.0722. The largest absolute Gasteiger partial charge is 0.396 e. The Morgan fingerprint density at radius 1 is 1.14 bits per heavy atom. The molecular weight excluding hydrogens is 178 g/mol. The van der Waals surface area contributed by atoms with E-state index in [2.05, 4.69) is 32.6 Å². The Balaban J connectivity index is 2.53. The van der Waals surface area contributed by atoms with E-state index in [4.69, 9.17) is 9.84 Å². The third-order valence-corrected chi connectivity index (χ3v) is 2.39. The smallest absolute Gasteiger partial charge is 0.0760 e. The average molecular weight is 201 g/mol. The second-order valence-corrected chi connectivity index (χ2v) is 5.41. The molecule has 0 unspecified atom stereocenters. The molecule has 1 N–H and O–H groups in total. The molecule has 1 fully saturated rings. The number of hydrogen-bond donors (Lipinski definition) is 1. The summed E-state index contributed by atoms with van der Waals surface area (Å²) in [6, 6.07) is 0. The molecule has 0 amide bonds. The van der Waals surface area contributed by atoms with Gasteiger partial charge >= 0.3 is 0 Å². The number of morpholine rings is 1. The van der Waals surface area contributed by atoms with Crippen molar-refractivity contribution in [1.29, 1.82) is 0 Å². The number of aliphatic hydroxyl groups is 1. The van der Waals surface area contributed by atoms with Gasteiger partial charge in [0.25, 0.3) is 0 Å². The van der Waals surface area contributed by atoms with E-state index >= 15 is 0 Å². The Morgan fingerprint density at radius 3 is 2.07 bits per heavy atom. The number of nitrogens with zero attached hydrogens (tertiary/aromatic N) is 1. The van der Waals surface area contributed by atoms with Crippen LogP contribution in [0, 0.1) is 0 Å². The lowest BCUT2D eigenvalue weighted by molar-refractivity contribution is -0.180. The van der Waals surface area contributed by atoms with Crippen LogP contribution in [0.5, 0.6) is 0 Å². The first-order chi connectivity index (χ1) is 6.35. The van der Waals surface area contributed by atoms with Gasteiger partial charge in [0.1, 0.15) is 0 Å². The predicted molar refractivity (Wildman–Crippen MR) is 57.4 cm³/mol. The monoisotopic (exact) mass is 201 g/mol. The first-order valence-electron chi connectivity index (χ1n) is 5.38. The van der Waals surface area contributed by atoms with E-state index in [1.54, 1.807) is 0 Å². The highest BCUT2D eigenvalue weighted by molar-refractivity contribution is 4.88. The van der Waals surface area contributed by atoms with Gasteiger partial charge < -0.3 is 9.84 Å². The maximum Gasteiger partial charge on any atom is 0.0760 e. The van der Waals surface area contributed by atoms with Crippen molar-refractivity contribution in [1.82, 2.24) is 4.90 Å². The molecule has 0 aliphatic carbocycles. The van der Waals surface area contributed by atoms with Crippen LogP contribution in [0.4, 0.5) is 0 Å². The van der Waals surface area contributed by atoms with Gasteiger partial charge in [-0.15, -0.1) is 0 Å². The van der Waals surface area contributed by atoms with Gasteiger partial charge in [-0.05, 0) is 34.1 Å². The van der Waals surface area contributed by atoms with Gasteiger partial charge in [-0.3, -0.25) is 4.90 Å². The van der Waals surface area contributed by atoms with Crippen LogP contribution in [0.3, 0.4) is 0 Å². The van der Waals surface area contributed by atoms with Crippen molar-refractivity contribution < 1.29 is 9.84 Å². The third-order valence-electron chi connectivity index (χ3n) is 2.39. The fraction of sp³-hybridized carbons (Fsp3) is 1.00. The molecule has 1 aliphatic heterocycles. The van der Waals surface area contributed by atoms with Crippen molar-refractivity contribution in [2.75, 3.05) is 26.2 Å². The summed E-state index contributed by atoms with van der Waals surface area (Å²) in [4.78, 5) is 2.37. The molecule has 1 aliphatic rings. The van der Waals surface area contributed by atoms with Crippen molar-refractivity contribution >= 4 is 0 Å². The summed E-state index contributed by atoms with van der Waals surface area (Å²) in [6.45, 7) is 11.7. The van der Waals surface area contributed by atoms with E-state index in [1.165, 1.54) is 0 Å². The highest BCUT2D eigenvalue weighted by atomic mass is 16.5. The minimum absolute atomic E-state index is 0.0722. The highest BCUT2D eigenvalue weighted by Crippen LogP contribution is 2.27. The first-order valence-corrected chi connectivity index (χ1v) is 5.38. The van der Waals surface area contributed by atoms with Gasteiger partial charge in [-0.2, -0.15) is 0 Å². The number of hydrogen-bond acceptors (Lipinski definition) is 3. The molecule has 1 heterocycles. The molecule has 0 aromatic heterocycles. The lowest BCUT2D eigenvalue weighted by atomic mass is 9.99. The Morgan fingerprint density at radius 2 is 1.64 bits per heavy atom. The summed E-state index contributed by atoms with van der Waals surface area (Å²) in [5, 5.41) is 8.80. The van der Waals surface area contributed by atoms with Crippen molar-refractivity contribution in [2.45, 2.75) is 45.3 Å². The highest BCUT2D eigenvalue weighted by Gasteiger charge is 2.37. The van der Waals surface area contributed by atoms with Crippen molar-refractivity contribution in [2.24, 2.45) is 0 Å². The van der Waals surface area contributed by atoms with Gasteiger partial charge in [0.15, 0.2) is 0 Å². The number of rotatable bonds is 3. The Hall–Kier alpha value is -0.120. The zero-order chi connectivity index (χ0) is 10.8. The van der Waals surface area contributed by atoms with E-state index < -0.39 is 0 Å². The second-order valence-electron chi connectivity index (χ2n) is 5.41. The summed E-state index contributed by atoms with van der Waals surface area (Å²) in [7, 11) is 0. The number of ether oxygens (including phenoxy) is 1. The van der Waals surface area contributed by atoms with Crippen LogP contribution < -0.4 is 0 Å². The fourth-order valence-corrected chi connectivity index (χ4v) is 2.40. The van der Waals surface area contributed by atoms with Gasteiger partial charge in [0.2, 0.25) is 0 Å². The second kappa shape index (κ2) is 4.17. The molecule has 0 spiro atoms. The van der Waals surface area contributed by atoms with E-state index in [0.717, 1.165) is 26.1 Å². The van der Waals surface area contributed by atoms with Crippen LogP contribution >= 0.6 is 0 Å². The van der Waals surface area contributed by atoms with Gasteiger partial charge in [-0.25, -0.2) is 0 Å². The zero-order valence-electron chi connectivity index (χ0n) is 9.84. The lowest BCUT2D eigenvalue weighted by Crippen LogP contribution is -2.57. The Kier molecular flexibility index (Phi) is 3.56. The van der Waals surface area contributed by atoms with Crippen LogP contribution in [0.1, 0.15) is 34.1 Å². The summed E-state index contributed by atoms with van der Waals surface area (Å²) >= 11 is 0. The van der Waals surface area contributed by atoms with Crippen LogP contribution in [-0.4, -0.2) is 47.4 Å². The van der Waals surface area contributed by atoms with Crippen molar-refractivity contribution in [3.63, 3.8) is 0 Å². The standard InChI is InChI=1S/C11H23NO2/c1-10(2)8-12(6-5-7-13)9-11(3,4)14-10/h13H,5-9H2,1-4H3. The van der Waals surface area contributed by atoms with Gasteiger partial charge in [0.05, 0.1) is 11.2 Å². The molecule has 1 saturated heterocycles.